The third kappa shape index (κ3) is 7.58. The van der Waals surface area contributed by atoms with Crippen LogP contribution in [0.4, 0.5) is 0 Å². The SMILES string of the molecule is COc1cc(C(C)(C)c2cnc(SCc3ccc(S(=O)(=O)CC(=O)CN4CCCC4)cc3Cl)n2-c2cc(C)c(Cl)cn2)ccc1Cl. The van der Waals surface area contributed by atoms with Crippen LogP contribution in [0.15, 0.2) is 64.9 Å². The first-order valence-electron chi connectivity index (χ1n) is 14.7. The number of aromatic nitrogens is 3. The Morgan fingerprint density at radius 2 is 1.72 bits per heavy atom. The zero-order valence-electron chi connectivity index (χ0n) is 26.0. The van der Waals surface area contributed by atoms with Gasteiger partial charge in [0.05, 0.1) is 40.5 Å². The number of ether oxygens (including phenoxy) is 1. The molecule has 2 aromatic carbocycles. The molecule has 5 rings (SSSR count). The Hall–Kier alpha value is -2.60. The number of imidazole rings is 1. The Balaban J connectivity index is 1.42. The van der Waals surface area contributed by atoms with E-state index in [9.17, 15) is 13.2 Å². The van der Waals surface area contributed by atoms with Gasteiger partial charge in [0.1, 0.15) is 17.3 Å². The summed E-state index contributed by atoms with van der Waals surface area (Å²) in [6.07, 6.45) is 5.50. The molecule has 8 nitrogen and oxygen atoms in total. The number of Topliss-reactive ketones (excluding diaryl/α,β-unsaturated/α-hetero) is 1. The number of rotatable bonds is 12. The summed E-state index contributed by atoms with van der Waals surface area (Å²) in [4.78, 5) is 24.0. The molecule has 1 saturated heterocycles. The van der Waals surface area contributed by atoms with Crippen LogP contribution >= 0.6 is 46.6 Å². The van der Waals surface area contributed by atoms with Crippen LogP contribution in [0.1, 0.15) is 49.1 Å². The second-order valence-corrected chi connectivity index (χ2v) is 16.0. The fourth-order valence-corrected chi connectivity index (χ4v) is 8.38. The molecule has 13 heteroatoms. The lowest BCUT2D eigenvalue weighted by Crippen LogP contribution is -2.30. The van der Waals surface area contributed by atoms with Crippen LogP contribution < -0.4 is 4.74 Å². The van der Waals surface area contributed by atoms with Gasteiger partial charge in [-0.2, -0.15) is 0 Å². The number of carbonyl (C=O) groups excluding carboxylic acids is 1. The molecule has 1 fully saturated rings. The minimum Gasteiger partial charge on any atom is -0.495 e. The largest absolute Gasteiger partial charge is 0.495 e. The summed E-state index contributed by atoms with van der Waals surface area (Å²) < 4.78 is 33.6. The molecule has 4 aromatic rings. The van der Waals surface area contributed by atoms with Crippen molar-refractivity contribution in [3.63, 3.8) is 0 Å². The van der Waals surface area contributed by atoms with E-state index in [1.807, 2.05) is 46.9 Å². The zero-order chi connectivity index (χ0) is 33.2. The van der Waals surface area contributed by atoms with E-state index in [-0.39, 0.29) is 17.2 Å². The van der Waals surface area contributed by atoms with Crippen LogP contribution in [0.3, 0.4) is 0 Å². The Bertz CT molecular complexity index is 1870. The number of nitrogens with zero attached hydrogens (tertiary/aromatic N) is 4. The van der Waals surface area contributed by atoms with Crippen molar-refractivity contribution in [2.24, 2.45) is 0 Å². The van der Waals surface area contributed by atoms with Crippen LogP contribution in [-0.4, -0.2) is 66.1 Å². The molecule has 1 aliphatic rings. The first kappa shape index (κ1) is 34.7. The van der Waals surface area contributed by atoms with Crippen molar-refractivity contribution in [3.05, 3.63) is 92.3 Å². The van der Waals surface area contributed by atoms with Crippen molar-refractivity contribution in [2.45, 2.75) is 54.8 Å². The number of carbonyl (C=O) groups is 1. The maximum absolute atomic E-state index is 13.0. The maximum Gasteiger partial charge on any atom is 0.185 e. The monoisotopic (exact) mass is 720 g/mol. The number of benzene rings is 2. The van der Waals surface area contributed by atoms with Gasteiger partial charge in [-0.05, 0) is 79.9 Å². The second-order valence-electron chi connectivity index (χ2n) is 11.9. The summed E-state index contributed by atoms with van der Waals surface area (Å²) in [6, 6.07) is 12.2. The van der Waals surface area contributed by atoms with Crippen LogP contribution in [-0.2, 0) is 25.8 Å². The molecule has 0 atom stereocenters. The predicted octanol–water partition coefficient (Wildman–Crippen LogP) is 7.60. The molecule has 0 spiro atoms. The lowest BCUT2D eigenvalue weighted by molar-refractivity contribution is -0.117. The van der Waals surface area contributed by atoms with Crippen molar-refractivity contribution in [1.29, 1.82) is 0 Å². The maximum atomic E-state index is 13.0. The Kier molecular flexibility index (Phi) is 10.8. The van der Waals surface area contributed by atoms with E-state index < -0.39 is 21.0 Å². The summed E-state index contributed by atoms with van der Waals surface area (Å²) in [7, 11) is -2.24. The molecule has 46 heavy (non-hydrogen) atoms. The van der Waals surface area contributed by atoms with Gasteiger partial charge in [0.2, 0.25) is 0 Å². The predicted molar refractivity (Wildman–Crippen MR) is 185 cm³/mol. The Morgan fingerprint density at radius 3 is 2.39 bits per heavy atom. The third-order valence-corrected chi connectivity index (χ3v) is 11.9. The highest BCUT2D eigenvalue weighted by molar-refractivity contribution is 7.98. The molecular formula is C33H35Cl3N4O4S2. The second kappa shape index (κ2) is 14.3. The molecule has 0 aliphatic carbocycles. The van der Waals surface area contributed by atoms with Gasteiger partial charge in [0.25, 0.3) is 0 Å². The number of likely N-dealkylation sites (tertiary alicyclic amines) is 1. The molecule has 0 bridgehead atoms. The molecule has 0 amide bonds. The zero-order valence-corrected chi connectivity index (χ0v) is 29.9. The number of ketones is 1. The molecule has 0 saturated carbocycles. The van der Waals surface area contributed by atoms with Gasteiger partial charge in [0.15, 0.2) is 20.8 Å². The van der Waals surface area contributed by atoms with Gasteiger partial charge < -0.3 is 4.74 Å². The topological polar surface area (TPSA) is 94.4 Å². The number of thioether (sulfide) groups is 1. The number of aryl methyl sites for hydroxylation is 1. The van der Waals surface area contributed by atoms with E-state index in [1.54, 1.807) is 19.4 Å². The van der Waals surface area contributed by atoms with Gasteiger partial charge in [-0.1, -0.05) is 72.5 Å². The van der Waals surface area contributed by atoms with Gasteiger partial charge in [-0.25, -0.2) is 18.4 Å². The Labute approximate surface area is 289 Å². The molecule has 2 aromatic heterocycles. The van der Waals surface area contributed by atoms with E-state index in [0.717, 1.165) is 48.3 Å². The number of pyridine rings is 1. The lowest BCUT2D eigenvalue weighted by atomic mass is 9.81. The average molecular weight is 722 g/mol. The summed E-state index contributed by atoms with van der Waals surface area (Å²) >= 11 is 20.7. The number of methoxy groups -OCH3 is 1. The summed E-state index contributed by atoms with van der Waals surface area (Å²) in [5.41, 5.74) is 2.90. The lowest BCUT2D eigenvalue weighted by Gasteiger charge is -2.27. The number of hydrogen-bond acceptors (Lipinski definition) is 8. The molecular weight excluding hydrogens is 687 g/mol. The van der Waals surface area contributed by atoms with Crippen LogP contribution in [0.5, 0.6) is 5.75 Å². The number of sulfone groups is 1. The third-order valence-electron chi connectivity index (χ3n) is 8.19. The molecule has 244 valence electrons. The average Bonchev–Trinajstić information content (AvgIpc) is 3.68. The number of hydrogen-bond donors (Lipinski definition) is 0. The Morgan fingerprint density at radius 1 is 0.978 bits per heavy atom. The molecule has 0 radical (unpaired) electrons. The van der Waals surface area contributed by atoms with Crippen molar-refractivity contribution >= 4 is 62.2 Å². The quantitative estimate of drug-likeness (QED) is 0.138. The van der Waals surface area contributed by atoms with Crippen molar-refractivity contribution in [2.75, 3.05) is 32.5 Å². The molecule has 3 heterocycles. The molecule has 1 aliphatic heterocycles. The van der Waals surface area contributed by atoms with Gasteiger partial charge in [-0.3, -0.25) is 14.3 Å². The summed E-state index contributed by atoms with van der Waals surface area (Å²) in [5.74, 6) is 0.773. The van der Waals surface area contributed by atoms with E-state index >= 15 is 0 Å². The normalized spacial score (nSPS) is 14.2. The van der Waals surface area contributed by atoms with E-state index in [0.29, 0.717) is 37.5 Å². The van der Waals surface area contributed by atoms with E-state index in [2.05, 4.69) is 18.8 Å². The van der Waals surface area contributed by atoms with Gasteiger partial charge in [-0.15, -0.1) is 0 Å². The van der Waals surface area contributed by atoms with Crippen molar-refractivity contribution < 1.29 is 17.9 Å². The van der Waals surface area contributed by atoms with Crippen LogP contribution in [0, 0.1) is 6.92 Å². The molecule has 0 N–H and O–H groups in total. The van der Waals surface area contributed by atoms with Crippen LogP contribution in [0.2, 0.25) is 15.1 Å². The van der Waals surface area contributed by atoms with Gasteiger partial charge in [0, 0.05) is 22.4 Å². The number of halogens is 3. The summed E-state index contributed by atoms with van der Waals surface area (Å²) in [5, 5.41) is 2.04. The minimum atomic E-state index is -3.83. The summed E-state index contributed by atoms with van der Waals surface area (Å²) in [6.45, 7) is 7.90. The smallest absolute Gasteiger partial charge is 0.185 e. The highest BCUT2D eigenvalue weighted by Gasteiger charge is 2.31. The fraction of sp³-hybridized carbons (Fsp3) is 0.364. The first-order valence-corrected chi connectivity index (χ1v) is 18.5. The van der Waals surface area contributed by atoms with Gasteiger partial charge >= 0.3 is 0 Å². The van der Waals surface area contributed by atoms with Crippen molar-refractivity contribution in [1.82, 2.24) is 19.4 Å². The van der Waals surface area contributed by atoms with Crippen molar-refractivity contribution in [3.8, 4) is 11.6 Å². The standard InChI is InChI=1S/C33H35Cl3N4O4S2/c1-21-13-31(37-16-28(21)36)40-30(33(2,3)23-8-10-26(34)29(14-23)44-4)17-38-32(40)45-19-22-7-9-25(15-27(22)35)46(42,43)20-24(41)18-39-11-5-6-12-39/h7-10,13-17H,5-6,11-12,18-20H2,1-4H3. The highest BCUT2D eigenvalue weighted by Crippen LogP contribution is 2.39. The van der Waals surface area contributed by atoms with E-state index in [1.165, 1.54) is 23.9 Å². The van der Waals surface area contributed by atoms with E-state index in [4.69, 9.17) is 44.5 Å². The first-order chi connectivity index (χ1) is 21.8. The van der Waals surface area contributed by atoms with Crippen LogP contribution in [0.25, 0.3) is 5.82 Å². The highest BCUT2D eigenvalue weighted by atomic mass is 35.5. The minimum absolute atomic E-state index is 0.0331. The fourth-order valence-electron chi connectivity index (χ4n) is 5.45. The molecule has 0 unspecified atom stereocenters.